The molecule has 0 saturated heterocycles. The third-order valence-corrected chi connectivity index (χ3v) is 6.09. The van der Waals surface area contributed by atoms with E-state index in [9.17, 15) is 9.90 Å². The van der Waals surface area contributed by atoms with Gasteiger partial charge in [-0.25, -0.2) is 4.79 Å². The molecule has 3 rings (SSSR count). The summed E-state index contributed by atoms with van der Waals surface area (Å²) >= 11 is 0. The van der Waals surface area contributed by atoms with Crippen LogP contribution in [0.15, 0.2) is 35.9 Å². The second kappa shape index (κ2) is 8.18. The summed E-state index contributed by atoms with van der Waals surface area (Å²) in [5.41, 5.74) is 3.22. The van der Waals surface area contributed by atoms with Gasteiger partial charge < -0.3 is 9.84 Å². The average Bonchev–Trinajstić information content (AvgIpc) is 3.06. The molecule has 1 N–H and O–H groups in total. The number of hydrogen-bond acceptors (Lipinski definition) is 3. The summed E-state index contributed by atoms with van der Waals surface area (Å²) in [5, 5.41) is 10.2. The quantitative estimate of drug-likeness (QED) is 0.631. The number of carbonyl (C=O) groups is 1. The molecule has 0 aromatic heterocycles. The van der Waals surface area contributed by atoms with E-state index >= 15 is 0 Å². The first kappa shape index (κ1) is 18.2. The summed E-state index contributed by atoms with van der Waals surface area (Å²) in [5.74, 6) is 1.54. The topological polar surface area (TPSA) is 46.5 Å². The van der Waals surface area contributed by atoms with Crippen LogP contribution < -0.4 is 0 Å². The van der Waals surface area contributed by atoms with Crippen LogP contribution in [0.4, 0.5) is 0 Å². The number of esters is 1. The molecule has 4 atom stereocenters. The number of carbonyl (C=O) groups excluding carboxylic acids is 1. The monoisotopic (exact) mass is 342 g/mol. The van der Waals surface area contributed by atoms with Crippen molar-refractivity contribution in [3.05, 3.63) is 47.0 Å². The molecule has 3 heteroatoms. The highest BCUT2D eigenvalue weighted by Gasteiger charge is 2.42. The van der Waals surface area contributed by atoms with Gasteiger partial charge in [-0.15, -0.1) is 0 Å². The van der Waals surface area contributed by atoms with Crippen molar-refractivity contribution in [2.24, 2.45) is 17.8 Å². The first-order valence-electron chi connectivity index (χ1n) is 9.71. The molecule has 2 saturated carbocycles. The molecule has 25 heavy (non-hydrogen) atoms. The minimum absolute atomic E-state index is 0.0854. The summed E-state index contributed by atoms with van der Waals surface area (Å²) in [7, 11) is 0. The zero-order valence-electron chi connectivity index (χ0n) is 15.4. The highest BCUT2D eigenvalue weighted by atomic mass is 16.5. The molecule has 0 amide bonds. The molecule has 0 spiro atoms. The molecule has 3 nitrogen and oxygen atoms in total. The van der Waals surface area contributed by atoms with Crippen LogP contribution >= 0.6 is 0 Å². The molecule has 2 aliphatic carbocycles. The Balaban J connectivity index is 1.66. The Labute approximate surface area is 151 Å². The van der Waals surface area contributed by atoms with Crippen LogP contribution in [0.3, 0.4) is 0 Å². The lowest BCUT2D eigenvalue weighted by Gasteiger charge is -2.33. The molecule has 136 valence electrons. The molecule has 0 radical (unpaired) electrons. The maximum Gasteiger partial charge on any atom is 0.338 e. The van der Waals surface area contributed by atoms with Gasteiger partial charge in [0.15, 0.2) is 0 Å². The number of rotatable bonds is 5. The van der Waals surface area contributed by atoms with E-state index in [0.717, 1.165) is 24.8 Å². The van der Waals surface area contributed by atoms with Gasteiger partial charge in [-0.05, 0) is 81.4 Å². The van der Waals surface area contributed by atoms with Crippen molar-refractivity contribution in [1.82, 2.24) is 0 Å². The number of fused-ring (bicyclic) bond motifs is 1. The van der Waals surface area contributed by atoms with Crippen molar-refractivity contribution >= 4 is 5.97 Å². The number of aliphatic hydroxyl groups is 1. The predicted octanol–water partition coefficient (Wildman–Crippen LogP) is 4.54. The highest BCUT2D eigenvalue weighted by Crippen LogP contribution is 2.48. The average molecular weight is 342 g/mol. The van der Waals surface area contributed by atoms with E-state index in [2.05, 4.69) is 19.1 Å². The number of allylic oxidation sites excluding steroid dienone is 2. The van der Waals surface area contributed by atoms with Crippen LogP contribution in [0, 0.1) is 17.8 Å². The zero-order valence-corrected chi connectivity index (χ0v) is 15.4. The van der Waals surface area contributed by atoms with Crippen molar-refractivity contribution in [2.45, 2.75) is 58.5 Å². The highest BCUT2D eigenvalue weighted by molar-refractivity contribution is 5.89. The van der Waals surface area contributed by atoms with Gasteiger partial charge >= 0.3 is 5.97 Å². The van der Waals surface area contributed by atoms with Crippen LogP contribution in [0.5, 0.6) is 0 Å². The summed E-state index contributed by atoms with van der Waals surface area (Å²) < 4.78 is 5.08. The Morgan fingerprint density at radius 1 is 1.24 bits per heavy atom. The number of benzene rings is 1. The van der Waals surface area contributed by atoms with Crippen molar-refractivity contribution in [2.75, 3.05) is 6.61 Å². The summed E-state index contributed by atoms with van der Waals surface area (Å²) in [4.78, 5) is 11.9. The standard InChI is InChI=1S/C22H30O3/c1-3-25-22(24)17-7-4-6-16(14-17)11-10-15(2)18-12-13-20-19(18)8-5-9-21(20)23/h4,6-7,10,14,18-21,23H,3,5,8-9,11-13H2,1-2H3/b15-10+/t18-,19+,20+,21+/m1/s1. The Morgan fingerprint density at radius 3 is 2.88 bits per heavy atom. The summed E-state index contributed by atoms with van der Waals surface area (Å²) in [6.07, 6.45) is 8.85. The van der Waals surface area contributed by atoms with E-state index in [1.165, 1.54) is 24.8 Å². The SMILES string of the molecule is CCOC(=O)c1cccc(C/C=C(\C)[C@H]2CC[C@H]3[C@H]2CCC[C@@H]3O)c1. The largest absolute Gasteiger partial charge is 0.462 e. The lowest BCUT2D eigenvalue weighted by atomic mass is 9.74. The van der Waals surface area contributed by atoms with Crippen molar-refractivity contribution in [3.8, 4) is 0 Å². The van der Waals surface area contributed by atoms with Crippen molar-refractivity contribution in [3.63, 3.8) is 0 Å². The Kier molecular flexibility index (Phi) is 5.95. The number of ether oxygens (including phenoxy) is 1. The van der Waals surface area contributed by atoms with E-state index in [0.29, 0.717) is 29.9 Å². The second-order valence-electron chi connectivity index (χ2n) is 7.58. The van der Waals surface area contributed by atoms with Gasteiger partial charge in [0.05, 0.1) is 18.3 Å². The fraction of sp³-hybridized carbons (Fsp3) is 0.591. The minimum atomic E-state index is -0.250. The third kappa shape index (κ3) is 4.14. The lowest BCUT2D eigenvalue weighted by Crippen LogP contribution is -2.31. The fourth-order valence-electron chi connectivity index (χ4n) is 4.80. The van der Waals surface area contributed by atoms with Gasteiger partial charge in [-0.3, -0.25) is 0 Å². The van der Waals surface area contributed by atoms with Gasteiger partial charge in [0, 0.05) is 0 Å². The minimum Gasteiger partial charge on any atom is -0.462 e. The lowest BCUT2D eigenvalue weighted by molar-refractivity contribution is 0.0411. The molecule has 0 heterocycles. The summed E-state index contributed by atoms with van der Waals surface area (Å²) in [6, 6.07) is 7.73. The van der Waals surface area contributed by atoms with E-state index in [1.54, 1.807) is 0 Å². The maximum absolute atomic E-state index is 11.9. The van der Waals surface area contributed by atoms with Gasteiger partial charge in [-0.2, -0.15) is 0 Å². The molecule has 0 unspecified atom stereocenters. The predicted molar refractivity (Wildman–Crippen MR) is 99.4 cm³/mol. The number of aliphatic hydroxyl groups excluding tert-OH is 1. The molecular weight excluding hydrogens is 312 g/mol. The van der Waals surface area contributed by atoms with Crippen LogP contribution in [0.2, 0.25) is 0 Å². The van der Waals surface area contributed by atoms with Crippen LogP contribution in [0.1, 0.15) is 61.9 Å². The zero-order chi connectivity index (χ0) is 17.8. The normalized spacial score (nSPS) is 29.3. The van der Waals surface area contributed by atoms with Gasteiger partial charge in [-0.1, -0.05) is 30.2 Å². The molecule has 1 aromatic carbocycles. The fourth-order valence-corrected chi connectivity index (χ4v) is 4.80. The molecule has 2 fully saturated rings. The van der Waals surface area contributed by atoms with Crippen molar-refractivity contribution in [1.29, 1.82) is 0 Å². The Bertz CT molecular complexity index is 634. The van der Waals surface area contributed by atoms with Crippen LogP contribution in [-0.4, -0.2) is 23.8 Å². The van der Waals surface area contributed by atoms with Crippen LogP contribution in [-0.2, 0) is 11.2 Å². The molecular formula is C22H30O3. The molecule has 2 aliphatic rings. The van der Waals surface area contributed by atoms with Crippen molar-refractivity contribution < 1.29 is 14.6 Å². The molecule has 1 aromatic rings. The Hall–Kier alpha value is -1.61. The smallest absolute Gasteiger partial charge is 0.338 e. The van der Waals surface area contributed by atoms with E-state index in [-0.39, 0.29) is 12.1 Å². The Morgan fingerprint density at radius 2 is 2.08 bits per heavy atom. The molecule has 0 bridgehead atoms. The number of hydrogen-bond donors (Lipinski definition) is 1. The van der Waals surface area contributed by atoms with Gasteiger partial charge in [0.1, 0.15) is 0 Å². The third-order valence-electron chi connectivity index (χ3n) is 6.09. The maximum atomic E-state index is 11.9. The van der Waals surface area contributed by atoms with Gasteiger partial charge in [0.2, 0.25) is 0 Å². The van der Waals surface area contributed by atoms with E-state index in [1.807, 2.05) is 25.1 Å². The van der Waals surface area contributed by atoms with E-state index in [4.69, 9.17) is 4.74 Å². The second-order valence-corrected chi connectivity index (χ2v) is 7.58. The summed E-state index contributed by atoms with van der Waals surface area (Å²) in [6.45, 7) is 4.46. The van der Waals surface area contributed by atoms with Crippen LogP contribution in [0.25, 0.3) is 0 Å². The first-order valence-corrected chi connectivity index (χ1v) is 9.71. The van der Waals surface area contributed by atoms with E-state index < -0.39 is 0 Å². The molecule has 0 aliphatic heterocycles. The first-order chi connectivity index (χ1) is 12.1. The van der Waals surface area contributed by atoms with Gasteiger partial charge in [0.25, 0.3) is 0 Å².